The van der Waals surface area contributed by atoms with Gasteiger partial charge in [-0.3, -0.25) is 4.90 Å². The standard InChI is InChI=1S/C14H16BrFN4O3/c15-12-1-2-13(16)11(9-12)10-18(7-8-21)5-6-19-4-3-14(17-19)20(22)23/h1-4,9,21H,5-8,10H2. The second-order valence-corrected chi connectivity index (χ2v) is 5.85. The van der Waals surface area contributed by atoms with E-state index in [-0.39, 0.29) is 18.2 Å². The highest BCUT2D eigenvalue weighted by Gasteiger charge is 2.13. The Balaban J connectivity index is 2.00. The maximum Gasteiger partial charge on any atom is 0.389 e. The third kappa shape index (κ3) is 5.08. The van der Waals surface area contributed by atoms with Gasteiger partial charge in [-0.05, 0) is 23.1 Å². The van der Waals surface area contributed by atoms with Crippen molar-refractivity contribution in [1.29, 1.82) is 0 Å². The number of halogens is 2. The summed E-state index contributed by atoms with van der Waals surface area (Å²) in [5.41, 5.74) is 0.513. The Morgan fingerprint density at radius 2 is 2.17 bits per heavy atom. The van der Waals surface area contributed by atoms with Crippen LogP contribution in [-0.4, -0.2) is 44.4 Å². The largest absolute Gasteiger partial charge is 0.395 e. The maximum absolute atomic E-state index is 13.8. The molecule has 0 amide bonds. The monoisotopic (exact) mass is 386 g/mol. The fraction of sp³-hybridized carbons (Fsp3) is 0.357. The minimum absolute atomic E-state index is 0.0606. The molecule has 0 spiro atoms. The van der Waals surface area contributed by atoms with Crippen LogP contribution in [0, 0.1) is 15.9 Å². The Morgan fingerprint density at radius 1 is 1.39 bits per heavy atom. The summed E-state index contributed by atoms with van der Waals surface area (Å²) in [5, 5.41) is 23.6. The molecule has 9 heteroatoms. The summed E-state index contributed by atoms with van der Waals surface area (Å²) in [4.78, 5) is 11.9. The summed E-state index contributed by atoms with van der Waals surface area (Å²) >= 11 is 3.30. The topological polar surface area (TPSA) is 84.4 Å². The molecule has 0 radical (unpaired) electrons. The van der Waals surface area contributed by atoms with Gasteiger partial charge in [-0.2, -0.15) is 4.68 Å². The number of nitro groups is 1. The van der Waals surface area contributed by atoms with Crippen LogP contribution in [0.25, 0.3) is 0 Å². The summed E-state index contributed by atoms with van der Waals surface area (Å²) in [6.45, 7) is 1.52. The second-order valence-electron chi connectivity index (χ2n) is 4.93. The van der Waals surface area contributed by atoms with E-state index in [4.69, 9.17) is 5.11 Å². The molecule has 2 aromatic rings. The predicted octanol–water partition coefficient (Wildman–Crippen LogP) is 2.19. The summed E-state index contributed by atoms with van der Waals surface area (Å²) in [5.74, 6) is -0.525. The molecule has 1 aromatic carbocycles. The van der Waals surface area contributed by atoms with Crippen LogP contribution in [0.1, 0.15) is 5.56 Å². The Morgan fingerprint density at radius 3 is 2.83 bits per heavy atom. The third-order valence-electron chi connectivity index (χ3n) is 3.28. The lowest BCUT2D eigenvalue weighted by molar-refractivity contribution is -0.389. The number of hydrogen-bond acceptors (Lipinski definition) is 5. The molecule has 0 atom stereocenters. The second kappa shape index (κ2) is 8.14. The first-order chi connectivity index (χ1) is 11.0. The molecule has 0 bridgehead atoms. The number of nitrogens with zero attached hydrogens (tertiary/aromatic N) is 4. The lowest BCUT2D eigenvalue weighted by atomic mass is 10.2. The molecule has 0 saturated carbocycles. The minimum Gasteiger partial charge on any atom is -0.395 e. The van der Waals surface area contributed by atoms with Crippen LogP contribution in [0.3, 0.4) is 0 Å². The van der Waals surface area contributed by atoms with E-state index in [2.05, 4.69) is 21.0 Å². The number of aliphatic hydroxyl groups excluding tert-OH is 1. The molecule has 1 aromatic heterocycles. The van der Waals surface area contributed by atoms with E-state index in [0.29, 0.717) is 31.7 Å². The molecule has 23 heavy (non-hydrogen) atoms. The first-order valence-corrected chi connectivity index (χ1v) is 7.74. The van der Waals surface area contributed by atoms with Crippen molar-refractivity contribution in [3.8, 4) is 0 Å². The minimum atomic E-state index is -0.557. The highest BCUT2D eigenvalue weighted by atomic mass is 79.9. The van der Waals surface area contributed by atoms with Crippen LogP contribution in [0.5, 0.6) is 0 Å². The van der Waals surface area contributed by atoms with Gasteiger partial charge in [0, 0.05) is 29.7 Å². The van der Waals surface area contributed by atoms with Crippen LogP contribution in [0.15, 0.2) is 34.9 Å². The van der Waals surface area contributed by atoms with Crippen molar-refractivity contribution in [2.45, 2.75) is 13.1 Å². The number of aliphatic hydroxyl groups is 1. The van der Waals surface area contributed by atoms with E-state index in [0.717, 1.165) is 4.47 Å². The maximum atomic E-state index is 13.8. The van der Waals surface area contributed by atoms with Crippen LogP contribution < -0.4 is 0 Å². The quantitative estimate of drug-likeness (QED) is 0.555. The first-order valence-electron chi connectivity index (χ1n) is 6.94. The summed E-state index contributed by atoms with van der Waals surface area (Å²) in [7, 11) is 0. The molecule has 1 heterocycles. The van der Waals surface area contributed by atoms with Gasteiger partial charge in [-0.1, -0.05) is 15.9 Å². The molecule has 0 aliphatic rings. The van der Waals surface area contributed by atoms with Crippen molar-refractivity contribution in [2.75, 3.05) is 19.7 Å². The fourth-order valence-corrected chi connectivity index (χ4v) is 2.54. The van der Waals surface area contributed by atoms with E-state index in [1.165, 1.54) is 23.0 Å². The van der Waals surface area contributed by atoms with Gasteiger partial charge in [0.05, 0.1) is 30.5 Å². The summed E-state index contributed by atoms with van der Waals surface area (Å²) in [6, 6.07) is 6.02. The highest BCUT2D eigenvalue weighted by Crippen LogP contribution is 2.17. The van der Waals surface area contributed by atoms with Crippen molar-refractivity contribution in [3.05, 3.63) is 56.4 Å². The summed E-state index contributed by atoms with van der Waals surface area (Å²) in [6.07, 6.45) is 1.52. The zero-order valence-corrected chi connectivity index (χ0v) is 13.8. The molecule has 124 valence electrons. The Hall–Kier alpha value is -1.84. The molecule has 7 nitrogen and oxygen atoms in total. The van der Waals surface area contributed by atoms with Crippen molar-refractivity contribution in [2.24, 2.45) is 0 Å². The average Bonchev–Trinajstić information content (AvgIpc) is 2.98. The SMILES string of the molecule is O=[N+]([O-])c1ccn(CCN(CCO)Cc2cc(Br)ccc2F)n1. The average molecular weight is 387 g/mol. The Labute approximate surface area is 140 Å². The molecule has 0 saturated heterocycles. The Kier molecular flexibility index (Phi) is 6.20. The van der Waals surface area contributed by atoms with Gasteiger partial charge in [-0.15, -0.1) is 0 Å². The lowest BCUT2D eigenvalue weighted by Gasteiger charge is -2.21. The van der Waals surface area contributed by atoms with Gasteiger partial charge in [-0.25, -0.2) is 4.39 Å². The van der Waals surface area contributed by atoms with E-state index < -0.39 is 4.92 Å². The van der Waals surface area contributed by atoms with Gasteiger partial charge in [0.25, 0.3) is 0 Å². The molecular formula is C14H16BrFN4O3. The summed E-state index contributed by atoms with van der Waals surface area (Å²) < 4.78 is 16.1. The van der Waals surface area contributed by atoms with Crippen molar-refractivity contribution in [3.63, 3.8) is 0 Å². The molecule has 2 rings (SSSR count). The normalized spacial score (nSPS) is 11.1. The van der Waals surface area contributed by atoms with Gasteiger partial charge < -0.3 is 15.2 Å². The molecule has 0 fully saturated rings. The van der Waals surface area contributed by atoms with Crippen LogP contribution >= 0.6 is 15.9 Å². The van der Waals surface area contributed by atoms with E-state index in [9.17, 15) is 14.5 Å². The van der Waals surface area contributed by atoms with Gasteiger partial charge in [0.15, 0.2) is 0 Å². The van der Waals surface area contributed by atoms with E-state index >= 15 is 0 Å². The molecule has 1 N–H and O–H groups in total. The zero-order chi connectivity index (χ0) is 16.8. The highest BCUT2D eigenvalue weighted by molar-refractivity contribution is 9.10. The zero-order valence-electron chi connectivity index (χ0n) is 12.2. The molecular weight excluding hydrogens is 371 g/mol. The van der Waals surface area contributed by atoms with E-state index in [1.807, 2.05) is 4.90 Å². The Bertz CT molecular complexity index is 680. The number of aromatic nitrogens is 2. The number of rotatable bonds is 8. The smallest absolute Gasteiger partial charge is 0.389 e. The van der Waals surface area contributed by atoms with Gasteiger partial charge in [0.2, 0.25) is 0 Å². The molecule has 0 aliphatic heterocycles. The van der Waals surface area contributed by atoms with E-state index in [1.54, 1.807) is 12.1 Å². The van der Waals surface area contributed by atoms with Crippen molar-refractivity contribution >= 4 is 21.7 Å². The van der Waals surface area contributed by atoms with Crippen molar-refractivity contribution in [1.82, 2.24) is 14.7 Å². The van der Waals surface area contributed by atoms with Gasteiger partial charge >= 0.3 is 5.82 Å². The fourth-order valence-electron chi connectivity index (χ4n) is 2.13. The van der Waals surface area contributed by atoms with Crippen molar-refractivity contribution < 1.29 is 14.4 Å². The van der Waals surface area contributed by atoms with Crippen LogP contribution in [0.2, 0.25) is 0 Å². The number of benzene rings is 1. The van der Waals surface area contributed by atoms with Gasteiger partial charge in [0.1, 0.15) is 5.82 Å². The van der Waals surface area contributed by atoms with Crippen LogP contribution in [-0.2, 0) is 13.1 Å². The third-order valence-corrected chi connectivity index (χ3v) is 3.77. The predicted molar refractivity (Wildman–Crippen MR) is 85.3 cm³/mol. The first kappa shape index (κ1) is 17.5. The lowest BCUT2D eigenvalue weighted by Crippen LogP contribution is -2.30. The number of hydrogen-bond donors (Lipinski definition) is 1. The molecule has 0 unspecified atom stereocenters. The van der Waals surface area contributed by atoms with Crippen LogP contribution in [0.4, 0.5) is 10.2 Å². The molecule has 0 aliphatic carbocycles.